The minimum Gasteiger partial charge on any atom is -0.469 e. The number of esters is 1. The summed E-state index contributed by atoms with van der Waals surface area (Å²) in [4.78, 5) is 24.0. The Hall–Kier alpha value is -1.46. The van der Waals surface area contributed by atoms with E-state index in [9.17, 15) is 9.59 Å². The van der Waals surface area contributed by atoms with Crippen molar-refractivity contribution in [2.24, 2.45) is 5.92 Å². The summed E-state index contributed by atoms with van der Waals surface area (Å²) in [6, 6.07) is 9.07. The molecule has 3 atom stereocenters. The first-order chi connectivity index (χ1) is 17.0. The Morgan fingerprint density at radius 2 is 1.69 bits per heavy atom. The van der Waals surface area contributed by atoms with Crippen LogP contribution in [0.25, 0.3) is 0 Å². The zero-order valence-corrected chi connectivity index (χ0v) is 25.2. The summed E-state index contributed by atoms with van der Waals surface area (Å²) in [5, 5.41) is 0.187. The first kappa shape index (κ1) is 30.8. The number of unbranched alkanes of at least 4 members (excludes halogenated alkanes) is 5. The molecular weight excluding hydrogens is 464 g/mol. The molecule has 36 heavy (non-hydrogen) atoms. The maximum Gasteiger partial charge on any atom is 0.305 e. The first-order valence-electron chi connectivity index (χ1n) is 14.4. The van der Waals surface area contributed by atoms with Crippen molar-refractivity contribution in [3.63, 3.8) is 0 Å². The van der Waals surface area contributed by atoms with E-state index in [0.717, 1.165) is 44.9 Å². The Labute approximate surface area is 222 Å². The van der Waals surface area contributed by atoms with Crippen LogP contribution in [0, 0.1) is 5.92 Å². The lowest BCUT2D eigenvalue weighted by Gasteiger charge is -2.39. The lowest BCUT2D eigenvalue weighted by Crippen LogP contribution is -2.41. The Bertz CT molecular complexity index is 809. The van der Waals surface area contributed by atoms with E-state index in [-0.39, 0.29) is 23.0 Å². The van der Waals surface area contributed by atoms with E-state index in [1.807, 2.05) is 0 Å². The van der Waals surface area contributed by atoms with Gasteiger partial charge in [-0.05, 0) is 60.9 Å². The standard InChI is InChI=1S/C31H52O4Si/c1-8-9-12-16-29(35-36(6,7)31(2,3)4)25-20-18-24(19-21-25)26-22-23-28(32)27(26)15-13-10-11-14-17-30(33)34-5/h18-21,26-27,29H,8-17,22-23H2,1-7H3/t26-,27-,29?/m1/s1. The summed E-state index contributed by atoms with van der Waals surface area (Å²) in [5.74, 6) is 0.769. The fraction of sp³-hybridized carbons (Fsp3) is 0.742. The lowest BCUT2D eigenvalue weighted by molar-refractivity contribution is -0.140. The smallest absolute Gasteiger partial charge is 0.305 e. The number of hydrogen-bond acceptors (Lipinski definition) is 4. The van der Waals surface area contributed by atoms with Crippen LogP contribution in [0.4, 0.5) is 0 Å². The predicted octanol–water partition coefficient (Wildman–Crippen LogP) is 8.91. The lowest BCUT2D eigenvalue weighted by atomic mass is 9.84. The van der Waals surface area contributed by atoms with Crippen LogP contribution in [0.1, 0.15) is 128 Å². The van der Waals surface area contributed by atoms with Crippen LogP contribution < -0.4 is 0 Å². The molecule has 0 heterocycles. The van der Waals surface area contributed by atoms with Crippen LogP contribution in [-0.2, 0) is 18.8 Å². The van der Waals surface area contributed by atoms with E-state index >= 15 is 0 Å². The largest absolute Gasteiger partial charge is 0.469 e. The maximum atomic E-state index is 12.7. The number of benzene rings is 1. The number of carbonyl (C=O) groups excluding carboxylic acids is 2. The van der Waals surface area contributed by atoms with Gasteiger partial charge in [0.05, 0.1) is 13.2 Å². The van der Waals surface area contributed by atoms with Crippen LogP contribution in [0.15, 0.2) is 24.3 Å². The molecule has 1 aliphatic rings. The van der Waals surface area contributed by atoms with E-state index in [4.69, 9.17) is 9.16 Å². The monoisotopic (exact) mass is 516 g/mol. The van der Waals surface area contributed by atoms with Crippen molar-refractivity contribution < 1.29 is 18.8 Å². The third kappa shape index (κ3) is 9.13. The molecule has 0 saturated heterocycles. The van der Waals surface area contributed by atoms with Gasteiger partial charge in [0.1, 0.15) is 5.78 Å². The topological polar surface area (TPSA) is 52.6 Å². The second-order valence-electron chi connectivity index (χ2n) is 12.3. The van der Waals surface area contributed by atoms with Gasteiger partial charge in [-0.2, -0.15) is 0 Å². The summed E-state index contributed by atoms with van der Waals surface area (Å²) in [5.41, 5.74) is 2.59. The van der Waals surface area contributed by atoms with Gasteiger partial charge in [-0.3, -0.25) is 9.59 Å². The second-order valence-corrected chi connectivity index (χ2v) is 17.0. The average molecular weight is 517 g/mol. The molecule has 0 aliphatic heterocycles. The van der Waals surface area contributed by atoms with Crippen molar-refractivity contribution in [1.82, 2.24) is 0 Å². The molecule has 1 unspecified atom stereocenters. The van der Waals surface area contributed by atoms with Crippen molar-refractivity contribution in [2.45, 2.75) is 135 Å². The first-order valence-corrected chi connectivity index (χ1v) is 17.3. The molecule has 0 radical (unpaired) electrons. The zero-order valence-electron chi connectivity index (χ0n) is 24.2. The molecule has 0 spiro atoms. The third-order valence-corrected chi connectivity index (χ3v) is 13.0. The molecule has 204 valence electrons. The summed E-state index contributed by atoms with van der Waals surface area (Å²) >= 11 is 0. The van der Waals surface area contributed by atoms with Gasteiger partial charge in [-0.1, -0.05) is 90.5 Å². The fourth-order valence-corrected chi connectivity index (χ4v) is 6.44. The molecular formula is C31H52O4Si. The Kier molecular flexibility index (Phi) is 12.4. The van der Waals surface area contributed by atoms with E-state index < -0.39 is 8.32 Å². The molecule has 1 saturated carbocycles. The normalized spacial score (nSPS) is 19.5. The highest BCUT2D eigenvalue weighted by Gasteiger charge is 2.39. The van der Waals surface area contributed by atoms with Crippen LogP contribution in [0.3, 0.4) is 0 Å². The molecule has 1 aromatic carbocycles. The van der Waals surface area contributed by atoms with Gasteiger partial charge in [-0.15, -0.1) is 0 Å². The number of hydrogen-bond donors (Lipinski definition) is 0. The van der Waals surface area contributed by atoms with Crippen molar-refractivity contribution in [3.05, 3.63) is 35.4 Å². The van der Waals surface area contributed by atoms with Gasteiger partial charge < -0.3 is 9.16 Å². The number of ether oxygens (including phenoxy) is 1. The quantitative estimate of drug-likeness (QED) is 0.133. The number of rotatable bonds is 15. The molecule has 1 fully saturated rings. The van der Waals surface area contributed by atoms with Gasteiger partial charge in [0.2, 0.25) is 0 Å². The highest BCUT2D eigenvalue weighted by atomic mass is 28.4. The van der Waals surface area contributed by atoms with Crippen LogP contribution in [0.2, 0.25) is 18.1 Å². The maximum absolute atomic E-state index is 12.7. The van der Waals surface area contributed by atoms with Crippen LogP contribution >= 0.6 is 0 Å². The summed E-state index contributed by atoms with van der Waals surface area (Å²) < 4.78 is 11.6. The Morgan fingerprint density at radius 3 is 2.31 bits per heavy atom. The Balaban J connectivity index is 2.02. The molecule has 0 bridgehead atoms. The van der Waals surface area contributed by atoms with E-state index in [2.05, 4.69) is 65.1 Å². The number of methoxy groups -OCH3 is 1. The second kappa shape index (κ2) is 14.5. The number of ketones is 1. The predicted molar refractivity (Wildman–Crippen MR) is 152 cm³/mol. The number of Topliss-reactive ketones (excluding diaryl/α,β-unsaturated/α-hetero) is 1. The van der Waals surface area contributed by atoms with E-state index in [0.29, 0.717) is 24.5 Å². The van der Waals surface area contributed by atoms with E-state index in [1.54, 1.807) is 0 Å². The molecule has 0 amide bonds. The highest BCUT2D eigenvalue weighted by molar-refractivity contribution is 6.74. The average Bonchev–Trinajstić information content (AvgIpc) is 3.20. The van der Waals surface area contributed by atoms with Crippen LogP contribution in [-0.4, -0.2) is 27.2 Å². The Morgan fingerprint density at radius 1 is 1.03 bits per heavy atom. The van der Waals surface area contributed by atoms with Crippen molar-refractivity contribution in [1.29, 1.82) is 0 Å². The molecule has 4 nitrogen and oxygen atoms in total. The number of carbonyl (C=O) groups is 2. The molecule has 0 N–H and O–H groups in total. The van der Waals surface area contributed by atoms with E-state index in [1.165, 1.54) is 37.5 Å². The molecule has 0 aromatic heterocycles. The van der Waals surface area contributed by atoms with Crippen molar-refractivity contribution in [2.75, 3.05) is 7.11 Å². The summed E-state index contributed by atoms with van der Waals surface area (Å²) in [7, 11) is -0.435. The van der Waals surface area contributed by atoms with Gasteiger partial charge >= 0.3 is 5.97 Å². The van der Waals surface area contributed by atoms with Gasteiger partial charge in [0, 0.05) is 18.8 Å². The zero-order chi connectivity index (χ0) is 26.8. The van der Waals surface area contributed by atoms with Crippen molar-refractivity contribution in [3.8, 4) is 0 Å². The fourth-order valence-electron chi connectivity index (χ4n) is 5.12. The van der Waals surface area contributed by atoms with Crippen LogP contribution in [0.5, 0.6) is 0 Å². The minimum atomic E-state index is -1.87. The summed E-state index contributed by atoms with van der Waals surface area (Å²) in [6.45, 7) is 13.9. The molecule has 1 aliphatic carbocycles. The molecule has 5 heteroatoms. The van der Waals surface area contributed by atoms with Gasteiger partial charge in [0.15, 0.2) is 8.32 Å². The SMILES string of the molecule is CCCCCC(O[Si](C)(C)C(C)(C)C)c1ccc([C@H]2CCC(=O)[C@@H]2CCCCCCC(=O)OC)cc1. The summed E-state index contributed by atoms with van der Waals surface area (Å²) in [6.07, 6.45) is 12.0. The highest BCUT2D eigenvalue weighted by Crippen LogP contribution is 2.43. The minimum absolute atomic E-state index is 0.133. The van der Waals surface area contributed by atoms with Crippen molar-refractivity contribution >= 4 is 20.1 Å². The van der Waals surface area contributed by atoms with Gasteiger partial charge in [-0.25, -0.2) is 0 Å². The van der Waals surface area contributed by atoms with Gasteiger partial charge in [0.25, 0.3) is 0 Å². The molecule has 2 rings (SSSR count). The molecule has 1 aromatic rings. The third-order valence-electron chi connectivity index (χ3n) is 8.52.